The molecule has 2 heterocycles. The third-order valence-electron chi connectivity index (χ3n) is 3.72. The molecule has 0 amide bonds. The first-order valence-electron chi connectivity index (χ1n) is 7.42. The van der Waals surface area contributed by atoms with Gasteiger partial charge in [0.05, 0.1) is 6.21 Å². The molecule has 25 heavy (non-hydrogen) atoms. The van der Waals surface area contributed by atoms with Crippen LogP contribution in [0.25, 0.3) is 0 Å². The summed E-state index contributed by atoms with van der Waals surface area (Å²) in [6, 6.07) is 16.6. The van der Waals surface area contributed by atoms with E-state index in [1.807, 2.05) is 42.5 Å². The van der Waals surface area contributed by atoms with Crippen LogP contribution >= 0.6 is 11.8 Å². The highest BCUT2D eigenvalue weighted by molar-refractivity contribution is 8.13. The molecule has 0 aromatic heterocycles. The normalized spacial score (nSPS) is 20.8. The molecule has 0 saturated carbocycles. The zero-order valence-corrected chi connectivity index (χ0v) is 13.7. The van der Waals surface area contributed by atoms with Gasteiger partial charge < -0.3 is 4.74 Å². The lowest BCUT2D eigenvalue weighted by molar-refractivity contribution is -1.33. The zero-order chi connectivity index (χ0) is 17.3. The summed E-state index contributed by atoms with van der Waals surface area (Å²) in [4.78, 5) is 12.9. The lowest BCUT2D eigenvalue weighted by Crippen LogP contribution is -2.56. The number of benzene rings is 2. The van der Waals surface area contributed by atoms with Crippen molar-refractivity contribution < 1.29 is 19.7 Å². The second kappa shape index (κ2) is 6.11. The van der Waals surface area contributed by atoms with Crippen LogP contribution in [0, 0.1) is 4.91 Å². The second-order valence-electron chi connectivity index (χ2n) is 5.24. The lowest BCUT2D eigenvalue weighted by atomic mass is 10.2. The first-order valence-corrected chi connectivity index (χ1v) is 8.23. The van der Waals surface area contributed by atoms with E-state index in [1.54, 1.807) is 12.1 Å². The fourth-order valence-corrected chi connectivity index (χ4v) is 3.47. The van der Waals surface area contributed by atoms with Crippen LogP contribution in [-0.2, 0) is 0 Å². The number of amidine groups is 2. The number of ether oxygens (including phenoxy) is 1. The number of quaternary nitrogens is 1. The van der Waals surface area contributed by atoms with Gasteiger partial charge in [0, 0.05) is 22.2 Å². The Morgan fingerprint density at radius 1 is 1.08 bits per heavy atom. The molecule has 124 valence electrons. The quantitative estimate of drug-likeness (QED) is 0.675. The third kappa shape index (κ3) is 2.59. The SMILES string of the molecule is O=[N+](O)[N+]12N=Cc3ccccc3SC1=NN=C2COc1ccccc1. The van der Waals surface area contributed by atoms with Gasteiger partial charge in [-0.05, 0) is 23.3 Å². The minimum Gasteiger partial charge on any atom is -0.481 e. The lowest BCUT2D eigenvalue weighted by Gasteiger charge is -2.11. The van der Waals surface area contributed by atoms with Gasteiger partial charge in [0.2, 0.25) is 4.70 Å². The number of hydrogen-bond donors (Lipinski definition) is 1. The van der Waals surface area contributed by atoms with E-state index in [0.717, 1.165) is 10.5 Å². The molecule has 8 nitrogen and oxygen atoms in total. The number of hydrogen-bond acceptors (Lipinski definition) is 6. The second-order valence-corrected chi connectivity index (χ2v) is 6.25. The highest BCUT2D eigenvalue weighted by Gasteiger charge is 2.64. The predicted molar refractivity (Wildman–Crippen MR) is 92.4 cm³/mol. The molecule has 1 N–H and O–H groups in total. The maximum Gasteiger partial charge on any atom is 0.472 e. The van der Waals surface area contributed by atoms with E-state index in [-0.39, 0.29) is 22.6 Å². The van der Waals surface area contributed by atoms with Crippen LogP contribution < -0.4 is 4.74 Å². The fraction of sp³-hybridized carbons (Fsp3) is 0.0625. The molecule has 0 bridgehead atoms. The van der Waals surface area contributed by atoms with E-state index in [4.69, 9.17) is 4.74 Å². The molecule has 0 fully saturated rings. The van der Waals surface area contributed by atoms with Gasteiger partial charge in [0.25, 0.3) is 0 Å². The van der Waals surface area contributed by atoms with Crippen molar-refractivity contribution >= 4 is 29.0 Å². The summed E-state index contributed by atoms with van der Waals surface area (Å²) in [5.74, 6) is 0.773. The molecule has 0 radical (unpaired) electrons. The molecule has 2 aliphatic heterocycles. The van der Waals surface area contributed by atoms with Gasteiger partial charge in [0.15, 0.2) is 6.61 Å². The van der Waals surface area contributed by atoms with Gasteiger partial charge in [-0.1, -0.05) is 46.6 Å². The number of fused-ring (bicyclic) bond motifs is 2. The largest absolute Gasteiger partial charge is 0.481 e. The fourth-order valence-electron chi connectivity index (χ4n) is 2.46. The summed E-state index contributed by atoms with van der Waals surface area (Å²) in [5.41, 5.74) is 0.826. The molecule has 2 aliphatic rings. The molecule has 4 rings (SSSR count). The van der Waals surface area contributed by atoms with Crippen LogP contribution in [0.1, 0.15) is 5.56 Å². The number of nitrogens with zero attached hydrogens (tertiary/aromatic N) is 5. The molecule has 0 aliphatic carbocycles. The van der Waals surface area contributed by atoms with E-state index >= 15 is 0 Å². The van der Waals surface area contributed by atoms with Crippen LogP contribution in [0.2, 0.25) is 0 Å². The van der Waals surface area contributed by atoms with Gasteiger partial charge in [-0.2, -0.15) is 5.21 Å². The minimum absolute atomic E-state index is 0.0510. The van der Waals surface area contributed by atoms with Gasteiger partial charge >= 0.3 is 16.0 Å². The van der Waals surface area contributed by atoms with Crippen LogP contribution in [-0.4, -0.2) is 38.8 Å². The topological polar surface area (TPSA) is 86.6 Å². The Morgan fingerprint density at radius 3 is 2.64 bits per heavy atom. The molecular formula is C16H13N5O3S+2. The van der Waals surface area contributed by atoms with Crippen LogP contribution in [0.3, 0.4) is 0 Å². The Kier molecular flexibility index (Phi) is 3.79. The summed E-state index contributed by atoms with van der Waals surface area (Å²) in [7, 11) is 0. The standard InChI is InChI=1S/C16H13N5O3S/c22-20(23)21-15(11-24-13-7-2-1-3-8-13)18-19-16(21)25-14-9-5-4-6-12(14)10-17-21/h1-10H,11H2,(H,22,23)/q+2. The molecule has 1 unspecified atom stereocenters. The van der Waals surface area contributed by atoms with Crippen molar-refractivity contribution in [2.24, 2.45) is 15.3 Å². The minimum atomic E-state index is -0.897. The van der Waals surface area contributed by atoms with Crippen molar-refractivity contribution in [3.05, 3.63) is 65.1 Å². The summed E-state index contributed by atoms with van der Waals surface area (Å²) in [5, 5.41) is 22.1. The van der Waals surface area contributed by atoms with Crippen molar-refractivity contribution in [1.82, 2.24) is 0 Å². The summed E-state index contributed by atoms with van der Waals surface area (Å²) in [6.07, 6.45) is 1.52. The summed E-state index contributed by atoms with van der Waals surface area (Å²) in [6.45, 7) is -0.0510. The first-order chi connectivity index (χ1) is 12.2. The van der Waals surface area contributed by atoms with Gasteiger partial charge in [-0.15, -0.1) is 0 Å². The molecule has 2 aromatic rings. The summed E-state index contributed by atoms with van der Waals surface area (Å²) >= 11 is 1.23. The highest BCUT2D eigenvalue weighted by Crippen LogP contribution is 2.35. The van der Waals surface area contributed by atoms with Crippen molar-refractivity contribution in [3.8, 4) is 5.75 Å². The molecule has 1 atom stereocenters. The highest BCUT2D eigenvalue weighted by atomic mass is 32.2. The van der Waals surface area contributed by atoms with Crippen molar-refractivity contribution in [1.29, 1.82) is 0 Å². The number of para-hydroxylation sites is 1. The maximum atomic E-state index is 12.0. The van der Waals surface area contributed by atoms with E-state index in [1.165, 1.54) is 18.0 Å². The van der Waals surface area contributed by atoms with Crippen molar-refractivity contribution in [3.63, 3.8) is 0 Å². The smallest absolute Gasteiger partial charge is 0.472 e. The Morgan fingerprint density at radius 2 is 1.84 bits per heavy atom. The predicted octanol–water partition coefficient (Wildman–Crippen LogP) is 2.79. The average molecular weight is 355 g/mol. The molecule has 2 aromatic carbocycles. The Hall–Kier alpha value is -3.04. The molecule has 0 saturated heterocycles. The Bertz CT molecular complexity index is 928. The Balaban J connectivity index is 1.66. The number of thioether (sulfide) groups is 1. The Labute approximate surface area is 146 Å². The van der Waals surface area contributed by atoms with Gasteiger partial charge in [-0.25, -0.2) is 0 Å². The van der Waals surface area contributed by atoms with E-state index in [2.05, 4.69) is 15.3 Å². The molecule has 9 heteroatoms. The van der Waals surface area contributed by atoms with Crippen LogP contribution in [0.5, 0.6) is 5.75 Å². The first kappa shape index (κ1) is 15.5. The van der Waals surface area contributed by atoms with Crippen molar-refractivity contribution in [2.45, 2.75) is 4.90 Å². The van der Waals surface area contributed by atoms with Crippen LogP contribution in [0.4, 0.5) is 0 Å². The van der Waals surface area contributed by atoms with E-state index < -0.39 is 4.70 Å². The van der Waals surface area contributed by atoms with Crippen molar-refractivity contribution in [2.75, 3.05) is 6.61 Å². The van der Waals surface area contributed by atoms with Gasteiger partial charge in [-0.3, -0.25) is 0 Å². The molecule has 0 spiro atoms. The summed E-state index contributed by atoms with van der Waals surface area (Å²) < 4.78 is 4.76. The molecular weight excluding hydrogens is 342 g/mol. The monoisotopic (exact) mass is 355 g/mol. The van der Waals surface area contributed by atoms with Gasteiger partial charge in [0.1, 0.15) is 10.7 Å². The van der Waals surface area contributed by atoms with Crippen LogP contribution in [0.15, 0.2) is 74.8 Å². The third-order valence-corrected chi connectivity index (χ3v) is 4.83. The maximum absolute atomic E-state index is 12.0. The van der Waals surface area contributed by atoms with E-state index in [9.17, 15) is 10.1 Å². The zero-order valence-electron chi connectivity index (χ0n) is 12.9. The average Bonchev–Trinajstić information content (AvgIpc) is 2.89. The van der Waals surface area contributed by atoms with E-state index in [0.29, 0.717) is 5.75 Å². The number of rotatable bonds is 4.